The quantitative estimate of drug-likeness (QED) is 0.786. The van der Waals surface area contributed by atoms with Gasteiger partial charge in [0.2, 0.25) is 18.6 Å². The molecule has 0 fully saturated rings. The molecule has 6 nitrogen and oxygen atoms in total. The van der Waals surface area contributed by atoms with Gasteiger partial charge in [0.1, 0.15) is 6.54 Å². The first-order valence-corrected chi connectivity index (χ1v) is 8.97. The average molecular weight is 368 g/mol. The zero-order chi connectivity index (χ0) is 19.4. The lowest BCUT2D eigenvalue weighted by Crippen LogP contribution is -2.44. The molecule has 0 aliphatic carbocycles. The van der Waals surface area contributed by atoms with Crippen molar-refractivity contribution < 1.29 is 19.1 Å². The van der Waals surface area contributed by atoms with Gasteiger partial charge in [-0.15, -0.1) is 0 Å². The van der Waals surface area contributed by atoms with Gasteiger partial charge in [-0.2, -0.15) is 0 Å². The molecule has 0 bridgehead atoms. The number of rotatable bonds is 6. The van der Waals surface area contributed by atoms with Crippen molar-refractivity contribution >= 4 is 17.5 Å². The van der Waals surface area contributed by atoms with E-state index in [2.05, 4.69) is 0 Å². The monoisotopic (exact) mass is 368 g/mol. The maximum Gasteiger partial charge on any atom is 0.243 e. The highest BCUT2D eigenvalue weighted by Crippen LogP contribution is 2.35. The van der Waals surface area contributed by atoms with Crippen molar-refractivity contribution in [1.29, 1.82) is 0 Å². The fourth-order valence-electron chi connectivity index (χ4n) is 3.00. The molecule has 0 aromatic heterocycles. The van der Waals surface area contributed by atoms with Crippen LogP contribution in [0.5, 0.6) is 11.5 Å². The van der Waals surface area contributed by atoms with E-state index in [1.165, 1.54) is 11.8 Å². The summed E-state index contributed by atoms with van der Waals surface area (Å²) in [6, 6.07) is 15.1. The van der Waals surface area contributed by atoms with Crippen LogP contribution < -0.4 is 14.4 Å². The first kappa shape index (κ1) is 18.8. The van der Waals surface area contributed by atoms with E-state index >= 15 is 0 Å². The van der Waals surface area contributed by atoms with E-state index in [-0.39, 0.29) is 31.2 Å². The lowest BCUT2D eigenvalue weighted by atomic mass is 10.2. The topological polar surface area (TPSA) is 59.1 Å². The van der Waals surface area contributed by atoms with Crippen LogP contribution in [0, 0.1) is 0 Å². The minimum Gasteiger partial charge on any atom is -0.454 e. The van der Waals surface area contributed by atoms with Gasteiger partial charge in [0, 0.05) is 31.3 Å². The molecule has 0 unspecified atom stereocenters. The van der Waals surface area contributed by atoms with Gasteiger partial charge >= 0.3 is 0 Å². The molecule has 2 aromatic carbocycles. The van der Waals surface area contributed by atoms with Gasteiger partial charge in [0.05, 0.1) is 0 Å². The van der Waals surface area contributed by atoms with E-state index < -0.39 is 0 Å². The normalized spacial score (nSPS) is 12.1. The van der Waals surface area contributed by atoms with E-state index in [0.717, 1.165) is 5.56 Å². The number of nitrogens with zero attached hydrogens (tertiary/aromatic N) is 2. The minimum absolute atomic E-state index is 0.0169. The van der Waals surface area contributed by atoms with Crippen LogP contribution >= 0.6 is 0 Å². The van der Waals surface area contributed by atoms with Crippen molar-refractivity contribution in [3.05, 3.63) is 54.1 Å². The predicted molar refractivity (Wildman–Crippen MR) is 103 cm³/mol. The minimum atomic E-state index is -0.203. The summed E-state index contributed by atoms with van der Waals surface area (Å²) in [6.45, 7) is 6.04. The molecule has 1 heterocycles. The summed E-state index contributed by atoms with van der Waals surface area (Å²) in [4.78, 5) is 28.4. The van der Waals surface area contributed by atoms with Crippen LogP contribution in [0.1, 0.15) is 26.3 Å². The molecule has 142 valence electrons. The molecule has 0 radical (unpaired) electrons. The second-order valence-corrected chi connectivity index (χ2v) is 6.74. The molecular weight excluding hydrogens is 344 g/mol. The van der Waals surface area contributed by atoms with Crippen molar-refractivity contribution in [2.24, 2.45) is 0 Å². The summed E-state index contributed by atoms with van der Waals surface area (Å²) in [5, 5.41) is 0. The SMILES string of the molecule is CC(=O)N(CC(=O)N(Cc1ccccc1)C(C)C)c1ccc2c(c1)OCO2. The van der Waals surface area contributed by atoms with E-state index in [1.54, 1.807) is 23.1 Å². The van der Waals surface area contributed by atoms with E-state index in [1.807, 2.05) is 44.2 Å². The molecule has 0 saturated carbocycles. The Morgan fingerprint density at radius 2 is 1.74 bits per heavy atom. The Labute approximate surface area is 159 Å². The number of amides is 2. The number of fused-ring (bicyclic) bond motifs is 1. The number of benzene rings is 2. The Bertz CT molecular complexity index is 820. The summed E-state index contributed by atoms with van der Waals surface area (Å²) >= 11 is 0. The van der Waals surface area contributed by atoms with Gasteiger partial charge < -0.3 is 19.3 Å². The number of anilines is 1. The Morgan fingerprint density at radius 3 is 2.41 bits per heavy atom. The first-order valence-electron chi connectivity index (χ1n) is 8.97. The van der Waals surface area contributed by atoms with Crippen molar-refractivity contribution in [3.8, 4) is 11.5 Å². The fraction of sp³-hybridized carbons (Fsp3) is 0.333. The molecule has 3 rings (SSSR count). The first-order chi connectivity index (χ1) is 13.0. The van der Waals surface area contributed by atoms with Gasteiger partial charge in [-0.05, 0) is 31.5 Å². The van der Waals surface area contributed by atoms with Crippen LogP contribution in [0.4, 0.5) is 5.69 Å². The molecule has 0 atom stereocenters. The summed E-state index contributed by atoms with van der Waals surface area (Å²) in [5.74, 6) is 0.907. The van der Waals surface area contributed by atoms with Crippen LogP contribution in [0.3, 0.4) is 0 Å². The third-order valence-corrected chi connectivity index (χ3v) is 4.48. The largest absolute Gasteiger partial charge is 0.454 e. The molecule has 2 amide bonds. The number of hydrogen-bond acceptors (Lipinski definition) is 4. The maximum absolute atomic E-state index is 13.0. The van der Waals surface area contributed by atoms with Crippen LogP contribution in [0.15, 0.2) is 48.5 Å². The highest BCUT2D eigenvalue weighted by molar-refractivity contribution is 5.97. The second-order valence-electron chi connectivity index (χ2n) is 6.74. The Balaban J connectivity index is 1.78. The van der Waals surface area contributed by atoms with Crippen molar-refractivity contribution in [1.82, 2.24) is 4.90 Å². The molecule has 27 heavy (non-hydrogen) atoms. The summed E-state index contributed by atoms with van der Waals surface area (Å²) < 4.78 is 10.7. The lowest BCUT2D eigenvalue weighted by molar-refractivity contribution is -0.133. The zero-order valence-electron chi connectivity index (χ0n) is 15.8. The van der Waals surface area contributed by atoms with Gasteiger partial charge in [-0.25, -0.2) is 0 Å². The molecule has 0 spiro atoms. The average Bonchev–Trinajstić information content (AvgIpc) is 3.12. The number of carbonyl (C=O) groups is 2. The second kappa shape index (κ2) is 8.12. The highest BCUT2D eigenvalue weighted by atomic mass is 16.7. The van der Waals surface area contributed by atoms with Gasteiger partial charge in [-0.1, -0.05) is 30.3 Å². The van der Waals surface area contributed by atoms with Gasteiger partial charge in [0.25, 0.3) is 0 Å². The van der Waals surface area contributed by atoms with Crippen LogP contribution in [0.2, 0.25) is 0 Å². The fourth-order valence-corrected chi connectivity index (χ4v) is 3.00. The van der Waals surface area contributed by atoms with Gasteiger partial charge in [0.15, 0.2) is 11.5 Å². The summed E-state index contributed by atoms with van der Waals surface area (Å²) in [7, 11) is 0. The standard InChI is InChI=1S/C21H24N2O4/c1-15(2)22(12-17-7-5-4-6-8-17)21(25)13-23(16(3)24)18-9-10-19-20(11-18)27-14-26-19/h4-11,15H,12-14H2,1-3H3. The third-order valence-electron chi connectivity index (χ3n) is 4.48. The summed E-state index contributed by atoms with van der Waals surface area (Å²) in [6.07, 6.45) is 0. The Kier molecular flexibility index (Phi) is 5.64. The zero-order valence-corrected chi connectivity index (χ0v) is 15.8. The highest BCUT2D eigenvalue weighted by Gasteiger charge is 2.24. The van der Waals surface area contributed by atoms with E-state index in [0.29, 0.717) is 23.7 Å². The Hall–Kier alpha value is -3.02. The predicted octanol–water partition coefficient (Wildman–Crippen LogP) is 3.21. The van der Waals surface area contributed by atoms with Crippen molar-refractivity contribution in [2.45, 2.75) is 33.4 Å². The van der Waals surface area contributed by atoms with Crippen molar-refractivity contribution in [3.63, 3.8) is 0 Å². The van der Waals surface area contributed by atoms with Crippen molar-refractivity contribution in [2.75, 3.05) is 18.2 Å². The Morgan fingerprint density at radius 1 is 1.04 bits per heavy atom. The molecular formula is C21H24N2O4. The van der Waals surface area contributed by atoms with Crippen LogP contribution in [-0.2, 0) is 16.1 Å². The molecule has 0 saturated heterocycles. The van der Waals surface area contributed by atoms with E-state index in [9.17, 15) is 9.59 Å². The molecule has 0 N–H and O–H groups in total. The smallest absolute Gasteiger partial charge is 0.243 e. The number of hydrogen-bond donors (Lipinski definition) is 0. The van der Waals surface area contributed by atoms with Gasteiger partial charge in [-0.3, -0.25) is 9.59 Å². The maximum atomic E-state index is 13.0. The summed E-state index contributed by atoms with van der Waals surface area (Å²) in [5.41, 5.74) is 1.67. The molecule has 1 aliphatic heterocycles. The molecule has 2 aromatic rings. The lowest BCUT2D eigenvalue weighted by Gasteiger charge is -2.30. The third kappa shape index (κ3) is 4.39. The number of carbonyl (C=O) groups excluding carboxylic acids is 2. The number of ether oxygens (including phenoxy) is 2. The molecule has 6 heteroatoms. The van der Waals surface area contributed by atoms with Crippen LogP contribution in [-0.4, -0.2) is 36.1 Å². The molecule has 1 aliphatic rings. The van der Waals surface area contributed by atoms with Crippen LogP contribution in [0.25, 0.3) is 0 Å². The van der Waals surface area contributed by atoms with E-state index in [4.69, 9.17) is 9.47 Å².